The molecule has 1 aliphatic rings. The van der Waals surface area contributed by atoms with Gasteiger partial charge in [-0.3, -0.25) is 0 Å². The molecule has 1 saturated heterocycles. The minimum absolute atomic E-state index is 0.191. The fourth-order valence-corrected chi connectivity index (χ4v) is 4.02. The Labute approximate surface area is 125 Å². The molecule has 1 fully saturated rings. The number of benzene rings is 1. The summed E-state index contributed by atoms with van der Waals surface area (Å²) < 4.78 is 29.6. The van der Waals surface area contributed by atoms with E-state index < -0.39 is 11.6 Å². The van der Waals surface area contributed by atoms with Crippen LogP contribution in [0.5, 0.6) is 0 Å². The molecule has 0 N–H and O–H groups in total. The molecule has 2 heterocycles. The molecule has 0 bridgehead atoms. The van der Waals surface area contributed by atoms with Gasteiger partial charge in [0.15, 0.2) is 11.6 Å². The van der Waals surface area contributed by atoms with E-state index in [-0.39, 0.29) is 6.04 Å². The van der Waals surface area contributed by atoms with Gasteiger partial charge in [0.25, 0.3) is 0 Å². The third kappa shape index (κ3) is 2.42. The normalized spacial score (nSPS) is 16.9. The van der Waals surface area contributed by atoms with Gasteiger partial charge in [0.05, 0.1) is 5.52 Å². The van der Waals surface area contributed by atoms with Crippen molar-refractivity contribution in [1.29, 1.82) is 0 Å². The highest BCUT2D eigenvalue weighted by Crippen LogP contribution is 2.33. The van der Waals surface area contributed by atoms with Crippen LogP contribution in [0.3, 0.4) is 0 Å². The van der Waals surface area contributed by atoms with E-state index in [1.807, 2.05) is 16.3 Å². The number of hydrogen-bond donors (Lipinski definition) is 0. The molecule has 1 aliphatic heterocycles. The molecule has 108 valence electrons. The number of aromatic nitrogens is 2. The van der Waals surface area contributed by atoms with Gasteiger partial charge in [0, 0.05) is 18.3 Å². The molecular weight excluding hydrogens is 302 g/mol. The minimum Gasteiger partial charge on any atom is -0.322 e. The van der Waals surface area contributed by atoms with E-state index in [1.54, 1.807) is 6.07 Å². The highest BCUT2D eigenvalue weighted by molar-refractivity contribution is 7.99. The lowest BCUT2D eigenvalue weighted by Gasteiger charge is -2.25. The molecule has 0 aliphatic carbocycles. The van der Waals surface area contributed by atoms with Crippen molar-refractivity contribution in [1.82, 2.24) is 9.55 Å². The highest BCUT2D eigenvalue weighted by atomic mass is 35.5. The summed E-state index contributed by atoms with van der Waals surface area (Å²) in [4.78, 5) is 4.44. The van der Waals surface area contributed by atoms with Crippen LogP contribution in [0.15, 0.2) is 12.1 Å². The smallest absolute Gasteiger partial charge is 0.184 e. The number of alkyl halides is 1. The van der Waals surface area contributed by atoms with Crippen molar-refractivity contribution in [3.05, 3.63) is 29.6 Å². The zero-order chi connectivity index (χ0) is 14.1. The van der Waals surface area contributed by atoms with E-state index in [0.29, 0.717) is 23.3 Å². The number of rotatable bonds is 3. The van der Waals surface area contributed by atoms with Crippen LogP contribution in [0.25, 0.3) is 11.0 Å². The van der Waals surface area contributed by atoms with Crippen molar-refractivity contribution in [2.45, 2.75) is 25.3 Å². The van der Waals surface area contributed by atoms with Crippen molar-refractivity contribution < 1.29 is 8.78 Å². The van der Waals surface area contributed by atoms with Crippen molar-refractivity contribution in [3.8, 4) is 0 Å². The van der Waals surface area contributed by atoms with Gasteiger partial charge < -0.3 is 4.57 Å². The first-order valence-corrected chi connectivity index (χ1v) is 8.40. The summed E-state index contributed by atoms with van der Waals surface area (Å²) in [6, 6.07) is 2.87. The molecule has 0 spiro atoms. The quantitative estimate of drug-likeness (QED) is 0.791. The second-order valence-corrected chi connectivity index (χ2v) is 6.51. The minimum atomic E-state index is -0.818. The van der Waals surface area contributed by atoms with E-state index >= 15 is 0 Å². The zero-order valence-corrected chi connectivity index (χ0v) is 12.5. The van der Waals surface area contributed by atoms with Crippen LogP contribution in [0.2, 0.25) is 0 Å². The molecule has 6 heteroatoms. The van der Waals surface area contributed by atoms with Gasteiger partial charge >= 0.3 is 0 Å². The lowest BCUT2D eigenvalue weighted by molar-refractivity contribution is 0.453. The van der Waals surface area contributed by atoms with Crippen molar-refractivity contribution >= 4 is 34.4 Å². The summed E-state index contributed by atoms with van der Waals surface area (Å²) >= 11 is 7.72. The maximum Gasteiger partial charge on any atom is 0.184 e. The average Bonchev–Trinajstić information content (AvgIpc) is 2.83. The maximum absolute atomic E-state index is 14.2. The molecule has 2 nitrogen and oxygen atoms in total. The molecule has 1 aromatic heterocycles. The maximum atomic E-state index is 14.2. The van der Waals surface area contributed by atoms with Crippen LogP contribution >= 0.6 is 23.4 Å². The van der Waals surface area contributed by atoms with Gasteiger partial charge in [-0.05, 0) is 36.5 Å². The molecule has 0 atom stereocenters. The molecule has 2 aromatic rings. The Morgan fingerprint density at radius 2 is 2.05 bits per heavy atom. The number of imidazole rings is 1. The van der Waals surface area contributed by atoms with Gasteiger partial charge in [-0.25, -0.2) is 13.8 Å². The van der Waals surface area contributed by atoms with Crippen molar-refractivity contribution in [3.63, 3.8) is 0 Å². The predicted molar refractivity (Wildman–Crippen MR) is 79.7 cm³/mol. The van der Waals surface area contributed by atoms with Crippen molar-refractivity contribution in [2.24, 2.45) is 0 Å². The first-order valence-electron chi connectivity index (χ1n) is 6.71. The molecular formula is C14H15ClF2N2S. The highest BCUT2D eigenvalue weighted by Gasteiger charge is 2.24. The molecule has 0 saturated carbocycles. The Morgan fingerprint density at radius 1 is 1.30 bits per heavy atom. The Hall–Kier alpha value is -0.810. The van der Waals surface area contributed by atoms with Crippen molar-refractivity contribution in [2.75, 3.05) is 17.4 Å². The Kier molecular flexibility index (Phi) is 4.17. The molecule has 0 amide bonds. The van der Waals surface area contributed by atoms with Crippen LogP contribution in [-0.4, -0.2) is 26.9 Å². The summed E-state index contributed by atoms with van der Waals surface area (Å²) in [5.41, 5.74) is 0.809. The number of halogens is 3. The molecule has 0 unspecified atom stereocenters. The second-order valence-electron chi connectivity index (χ2n) is 4.91. The Morgan fingerprint density at radius 3 is 2.75 bits per heavy atom. The Bertz CT molecular complexity index is 623. The van der Waals surface area contributed by atoms with Gasteiger partial charge in [-0.15, -0.1) is 11.6 Å². The number of hydrogen-bond acceptors (Lipinski definition) is 2. The summed E-state index contributed by atoms with van der Waals surface area (Å²) in [6.07, 6.45) is 2.49. The summed E-state index contributed by atoms with van der Waals surface area (Å²) in [7, 11) is 0. The number of nitrogens with zero attached hydrogens (tertiary/aromatic N) is 2. The monoisotopic (exact) mass is 316 g/mol. The topological polar surface area (TPSA) is 17.8 Å². The van der Waals surface area contributed by atoms with Crippen LogP contribution in [0.1, 0.15) is 24.7 Å². The average molecular weight is 317 g/mol. The predicted octanol–water partition coefficient (Wildman–Crippen LogP) is 4.16. The van der Waals surface area contributed by atoms with Gasteiger partial charge in [0.1, 0.15) is 11.3 Å². The van der Waals surface area contributed by atoms with E-state index in [2.05, 4.69) is 4.98 Å². The van der Waals surface area contributed by atoms with Gasteiger partial charge in [0.2, 0.25) is 0 Å². The van der Waals surface area contributed by atoms with E-state index in [1.165, 1.54) is 0 Å². The van der Waals surface area contributed by atoms with E-state index in [9.17, 15) is 8.78 Å². The largest absolute Gasteiger partial charge is 0.322 e. The lowest BCUT2D eigenvalue weighted by Crippen LogP contribution is -2.18. The number of aryl methyl sites for hydroxylation is 1. The molecule has 0 radical (unpaired) electrons. The van der Waals surface area contributed by atoms with E-state index in [4.69, 9.17) is 11.6 Å². The molecule has 1 aromatic carbocycles. The second kappa shape index (κ2) is 5.90. The van der Waals surface area contributed by atoms with Crippen LogP contribution < -0.4 is 0 Å². The fraction of sp³-hybridized carbons (Fsp3) is 0.500. The third-order valence-corrected chi connectivity index (χ3v) is 4.93. The summed E-state index contributed by atoms with van der Waals surface area (Å²) in [5.74, 6) is 1.66. The van der Waals surface area contributed by atoms with Crippen LogP contribution in [-0.2, 0) is 6.42 Å². The summed E-state index contributed by atoms with van der Waals surface area (Å²) in [6.45, 7) is 0. The molecule has 20 heavy (non-hydrogen) atoms. The standard InChI is InChI=1S/C14H15ClF2N2S/c15-6-3-12-18-11-2-1-10(16)13(17)14(11)19(12)9-4-7-20-8-5-9/h1-2,9H,3-8H2. The van der Waals surface area contributed by atoms with Gasteiger partial charge in [-0.2, -0.15) is 11.8 Å². The zero-order valence-electron chi connectivity index (χ0n) is 10.9. The first-order chi connectivity index (χ1) is 9.72. The number of thioether (sulfide) groups is 1. The van der Waals surface area contributed by atoms with Crippen LogP contribution in [0, 0.1) is 11.6 Å². The Balaban J connectivity index is 2.18. The lowest BCUT2D eigenvalue weighted by atomic mass is 10.1. The van der Waals surface area contributed by atoms with E-state index in [0.717, 1.165) is 36.2 Å². The fourth-order valence-electron chi connectivity index (χ4n) is 2.77. The third-order valence-electron chi connectivity index (χ3n) is 3.69. The molecule has 3 rings (SSSR count). The van der Waals surface area contributed by atoms with Crippen LogP contribution in [0.4, 0.5) is 8.78 Å². The first kappa shape index (κ1) is 14.1. The summed E-state index contributed by atoms with van der Waals surface area (Å²) in [5, 5.41) is 0. The number of fused-ring (bicyclic) bond motifs is 1. The van der Waals surface area contributed by atoms with Gasteiger partial charge in [-0.1, -0.05) is 0 Å². The SMILES string of the molecule is Fc1ccc2nc(CCCl)n(C3CCSCC3)c2c1F.